The minimum Gasteiger partial charge on any atom is -0.479 e. The van der Waals surface area contributed by atoms with Crippen LogP contribution in [-0.4, -0.2) is 45.8 Å². The van der Waals surface area contributed by atoms with Crippen molar-refractivity contribution in [2.24, 2.45) is 0 Å². The van der Waals surface area contributed by atoms with E-state index in [0.717, 1.165) is 18.9 Å². The molecule has 104 valence electrons. The van der Waals surface area contributed by atoms with Crippen LogP contribution in [0.1, 0.15) is 17.4 Å². The number of amides is 2. The van der Waals surface area contributed by atoms with Crippen LogP contribution in [0.2, 0.25) is 0 Å². The van der Waals surface area contributed by atoms with Gasteiger partial charge in [0.2, 0.25) is 0 Å². The average molecular weight is 284 g/mol. The molecule has 1 unspecified atom stereocenters. The van der Waals surface area contributed by atoms with E-state index in [1.807, 2.05) is 11.4 Å². The second kappa shape index (κ2) is 5.18. The third-order valence-electron chi connectivity index (χ3n) is 3.14. The molecule has 1 aliphatic rings. The van der Waals surface area contributed by atoms with Gasteiger partial charge < -0.3 is 20.4 Å². The summed E-state index contributed by atoms with van der Waals surface area (Å²) in [5, 5.41) is 22.7. The van der Waals surface area contributed by atoms with Crippen molar-refractivity contribution in [1.82, 2.24) is 10.2 Å². The monoisotopic (exact) mass is 284 g/mol. The number of carboxylic acid groups (broad SMARTS) is 1. The fraction of sp³-hybridized carbons (Fsp3) is 0.500. The third kappa shape index (κ3) is 3.05. The summed E-state index contributed by atoms with van der Waals surface area (Å²) in [5.74, 6) is -1.36. The largest absolute Gasteiger partial charge is 0.479 e. The minimum absolute atomic E-state index is 0.311. The molecular formula is C12H16N2O4S. The van der Waals surface area contributed by atoms with E-state index in [4.69, 9.17) is 5.11 Å². The number of aliphatic carboxylic acids is 1. The summed E-state index contributed by atoms with van der Waals surface area (Å²) in [6, 6.07) is 1.64. The summed E-state index contributed by atoms with van der Waals surface area (Å²) in [7, 11) is 0. The lowest BCUT2D eigenvalue weighted by atomic mass is 10.1. The number of hydrogen-bond donors (Lipinski definition) is 3. The molecule has 19 heavy (non-hydrogen) atoms. The van der Waals surface area contributed by atoms with E-state index in [1.54, 1.807) is 16.2 Å². The van der Waals surface area contributed by atoms with Crippen LogP contribution in [0.5, 0.6) is 0 Å². The number of thiophene rings is 1. The zero-order valence-corrected chi connectivity index (χ0v) is 11.4. The zero-order valence-electron chi connectivity index (χ0n) is 10.5. The van der Waals surface area contributed by atoms with Gasteiger partial charge >= 0.3 is 12.0 Å². The average Bonchev–Trinajstić information content (AvgIpc) is 2.82. The summed E-state index contributed by atoms with van der Waals surface area (Å²) >= 11 is 1.68. The van der Waals surface area contributed by atoms with Crippen molar-refractivity contribution in [3.63, 3.8) is 0 Å². The molecule has 0 saturated heterocycles. The number of urea groups is 1. The summed E-state index contributed by atoms with van der Waals surface area (Å²) in [6.07, 6.45) is 0.815. The van der Waals surface area contributed by atoms with E-state index in [1.165, 1.54) is 4.88 Å². The van der Waals surface area contributed by atoms with Gasteiger partial charge in [0, 0.05) is 18.0 Å². The fourth-order valence-electron chi connectivity index (χ4n) is 1.86. The lowest BCUT2D eigenvalue weighted by Gasteiger charge is -2.28. The molecule has 1 aromatic rings. The highest BCUT2D eigenvalue weighted by atomic mass is 32.1. The smallest absolute Gasteiger partial charge is 0.337 e. The first-order valence-corrected chi connectivity index (χ1v) is 6.82. The Kier molecular flexibility index (Phi) is 3.77. The topological polar surface area (TPSA) is 89.9 Å². The number of carboxylic acids is 1. The summed E-state index contributed by atoms with van der Waals surface area (Å²) < 4.78 is 0. The molecule has 2 heterocycles. The Morgan fingerprint density at radius 2 is 2.32 bits per heavy atom. The molecule has 0 spiro atoms. The van der Waals surface area contributed by atoms with Gasteiger partial charge in [-0.15, -0.1) is 11.3 Å². The van der Waals surface area contributed by atoms with Gasteiger partial charge in [0.05, 0.1) is 6.54 Å². The van der Waals surface area contributed by atoms with Crippen LogP contribution in [0.15, 0.2) is 11.4 Å². The van der Waals surface area contributed by atoms with Gasteiger partial charge in [0.1, 0.15) is 0 Å². The normalized spacial score (nSPS) is 17.5. The van der Waals surface area contributed by atoms with Crippen molar-refractivity contribution in [2.75, 3.05) is 13.1 Å². The fourth-order valence-corrected chi connectivity index (χ4v) is 2.75. The Balaban J connectivity index is 1.90. The van der Waals surface area contributed by atoms with Crippen molar-refractivity contribution in [2.45, 2.75) is 25.5 Å². The molecule has 0 aliphatic carbocycles. The summed E-state index contributed by atoms with van der Waals surface area (Å²) in [4.78, 5) is 25.5. The van der Waals surface area contributed by atoms with Crippen molar-refractivity contribution in [3.8, 4) is 0 Å². The Morgan fingerprint density at radius 1 is 1.58 bits per heavy atom. The highest BCUT2D eigenvalue weighted by Crippen LogP contribution is 2.23. The molecule has 1 atom stereocenters. The Bertz CT molecular complexity index is 498. The van der Waals surface area contributed by atoms with E-state index in [2.05, 4.69) is 5.32 Å². The van der Waals surface area contributed by atoms with Gasteiger partial charge in [-0.1, -0.05) is 0 Å². The van der Waals surface area contributed by atoms with Gasteiger partial charge in [-0.2, -0.15) is 0 Å². The standard InChI is InChI=1S/C12H16N2O4S/c1-12(18,10(15)16)7-13-11(17)14-4-2-9-8(6-14)3-5-19-9/h3,5,18H,2,4,6-7H2,1H3,(H,13,17)(H,15,16). The van der Waals surface area contributed by atoms with Gasteiger partial charge in [-0.05, 0) is 30.4 Å². The van der Waals surface area contributed by atoms with Crippen LogP contribution in [0.25, 0.3) is 0 Å². The van der Waals surface area contributed by atoms with E-state index >= 15 is 0 Å². The molecule has 7 heteroatoms. The number of nitrogens with zero attached hydrogens (tertiary/aromatic N) is 1. The quantitative estimate of drug-likeness (QED) is 0.760. The van der Waals surface area contributed by atoms with E-state index in [-0.39, 0.29) is 12.6 Å². The second-order valence-electron chi connectivity index (χ2n) is 4.78. The van der Waals surface area contributed by atoms with Crippen LogP contribution in [0.4, 0.5) is 4.79 Å². The maximum atomic E-state index is 11.9. The molecule has 0 bridgehead atoms. The van der Waals surface area contributed by atoms with Crippen molar-refractivity contribution >= 4 is 23.3 Å². The second-order valence-corrected chi connectivity index (χ2v) is 5.78. The van der Waals surface area contributed by atoms with Gasteiger partial charge in [-0.3, -0.25) is 0 Å². The number of hydrogen-bond acceptors (Lipinski definition) is 4. The highest BCUT2D eigenvalue weighted by molar-refractivity contribution is 7.10. The number of carbonyl (C=O) groups excluding carboxylic acids is 1. The summed E-state index contributed by atoms with van der Waals surface area (Å²) in [6.45, 7) is 1.98. The van der Waals surface area contributed by atoms with Crippen LogP contribution >= 0.6 is 11.3 Å². The Labute approximate surface area is 114 Å². The zero-order chi connectivity index (χ0) is 14.0. The lowest BCUT2D eigenvalue weighted by Crippen LogP contribution is -2.50. The van der Waals surface area contributed by atoms with Gasteiger partial charge in [-0.25, -0.2) is 9.59 Å². The number of nitrogens with one attached hydrogen (secondary N) is 1. The molecule has 0 aromatic carbocycles. The molecule has 0 radical (unpaired) electrons. The molecule has 6 nitrogen and oxygen atoms in total. The third-order valence-corrected chi connectivity index (χ3v) is 4.16. The predicted octanol–water partition coefficient (Wildman–Crippen LogP) is 0.651. The van der Waals surface area contributed by atoms with E-state index in [9.17, 15) is 14.7 Å². The first kappa shape index (κ1) is 13.8. The van der Waals surface area contributed by atoms with Crippen molar-refractivity contribution < 1.29 is 19.8 Å². The van der Waals surface area contributed by atoms with Crippen LogP contribution < -0.4 is 5.32 Å². The molecule has 0 fully saturated rings. The number of aliphatic hydroxyl groups is 1. The van der Waals surface area contributed by atoms with Crippen LogP contribution in [0.3, 0.4) is 0 Å². The van der Waals surface area contributed by atoms with Gasteiger partial charge in [0.15, 0.2) is 5.60 Å². The summed E-state index contributed by atoms with van der Waals surface area (Å²) in [5.41, 5.74) is -0.810. The van der Waals surface area contributed by atoms with Gasteiger partial charge in [0.25, 0.3) is 0 Å². The number of carbonyl (C=O) groups is 2. The van der Waals surface area contributed by atoms with Crippen molar-refractivity contribution in [3.05, 3.63) is 21.9 Å². The SMILES string of the molecule is CC(O)(CNC(=O)N1CCc2sccc2C1)C(=O)O. The number of rotatable bonds is 3. The van der Waals surface area contributed by atoms with E-state index < -0.39 is 11.6 Å². The molecule has 1 aromatic heterocycles. The Hall–Kier alpha value is -1.60. The molecule has 1 aliphatic heterocycles. The first-order chi connectivity index (χ1) is 8.90. The highest BCUT2D eigenvalue weighted by Gasteiger charge is 2.31. The molecule has 3 N–H and O–H groups in total. The maximum absolute atomic E-state index is 11.9. The number of fused-ring (bicyclic) bond motifs is 1. The van der Waals surface area contributed by atoms with E-state index in [0.29, 0.717) is 13.1 Å². The molecule has 0 saturated carbocycles. The van der Waals surface area contributed by atoms with Crippen LogP contribution in [0, 0.1) is 0 Å². The predicted molar refractivity (Wildman–Crippen MR) is 70.1 cm³/mol. The Morgan fingerprint density at radius 3 is 3.00 bits per heavy atom. The molecule has 2 amide bonds. The molecular weight excluding hydrogens is 268 g/mol. The minimum atomic E-state index is -1.95. The van der Waals surface area contributed by atoms with Crippen molar-refractivity contribution in [1.29, 1.82) is 0 Å². The first-order valence-electron chi connectivity index (χ1n) is 5.94. The lowest BCUT2D eigenvalue weighted by molar-refractivity contribution is -0.155. The van der Waals surface area contributed by atoms with Crippen LogP contribution in [-0.2, 0) is 17.8 Å². The maximum Gasteiger partial charge on any atom is 0.337 e. The molecule has 2 rings (SSSR count).